The first-order valence-corrected chi connectivity index (χ1v) is 9.78. The summed E-state index contributed by atoms with van der Waals surface area (Å²) in [6.45, 7) is 1.71. The molecule has 1 aromatic heterocycles. The number of thiazole rings is 1. The lowest BCUT2D eigenvalue weighted by atomic mass is 9.95. The van der Waals surface area contributed by atoms with Crippen molar-refractivity contribution in [3.05, 3.63) is 11.1 Å². The molecule has 8 heteroatoms. The molecule has 1 heterocycles. The maximum absolute atomic E-state index is 12.1. The first kappa shape index (κ1) is 16.4. The third kappa shape index (κ3) is 4.76. The van der Waals surface area contributed by atoms with Crippen molar-refractivity contribution >= 4 is 32.4 Å². The van der Waals surface area contributed by atoms with Crippen LogP contribution in [0.1, 0.15) is 37.8 Å². The van der Waals surface area contributed by atoms with Crippen molar-refractivity contribution in [1.82, 2.24) is 9.29 Å². The molecule has 1 aliphatic rings. The van der Waals surface area contributed by atoms with Crippen molar-refractivity contribution < 1.29 is 13.2 Å². The SMILES string of the molecule is Cc1csc(NC(=O)CN(C2CCCCC2)S(C)(=O)=O)n1. The third-order valence-electron chi connectivity index (χ3n) is 3.57. The highest BCUT2D eigenvalue weighted by Gasteiger charge is 2.29. The molecule has 6 nitrogen and oxygen atoms in total. The molecular weight excluding hydrogens is 310 g/mol. The molecule has 2 rings (SSSR count). The average molecular weight is 331 g/mol. The highest BCUT2D eigenvalue weighted by molar-refractivity contribution is 7.88. The number of aromatic nitrogens is 1. The lowest BCUT2D eigenvalue weighted by Crippen LogP contribution is -2.45. The Bertz CT molecular complexity index is 592. The fourth-order valence-corrected chi connectivity index (χ4v) is 4.41. The van der Waals surface area contributed by atoms with Crippen molar-refractivity contribution in [3.8, 4) is 0 Å². The first-order valence-electron chi connectivity index (χ1n) is 7.05. The van der Waals surface area contributed by atoms with Crippen LogP contribution < -0.4 is 5.32 Å². The van der Waals surface area contributed by atoms with Gasteiger partial charge in [-0.25, -0.2) is 13.4 Å². The van der Waals surface area contributed by atoms with E-state index in [2.05, 4.69) is 10.3 Å². The molecule has 1 aromatic rings. The van der Waals surface area contributed by atoms with Crippen molar-refractivity contribution in [3.63, 3.8) is 0 Å². The van der Waals surface area contributed by atoms with Gasteiger partial charge >= 0.3 is 0 Å². The molecule has 118 valence electrons. The van der Waals surface area contributed by atoms with E-state index in [0.29, 0.717) is 5.13 Å². The lowest BCUT2D eigenvalue weighted by Gasteiger charge is -2.31. The highest BCUT2D eigenvalue weighted by Crippen LogP contribution is 2.24. The molecule has 1 aliphatic carbocycles. The summed E-state index contributed by atoms with van der Waals surface area (Å²) in [5, 5.41) is 5.01. The molecule has 0 aliphatic heterocycles. The molecule has 21 heavy (non-hydrogen) atoms. The molecule has 0 saturated heterocycles. The number of hydrogen-bond donors (Lipinski definition) is 1. The normalized spacial score (nSPS) is 17.1. The molecule has 0 spiro atoms. The van der Waals surface area contributed by atoms with Crippen LogP contribution in [0.15, 0.2) is 5.38 Å². The maximum atomic E-state index is 12.1. The zero-order chi connectivity index (χ0) is 15.5. The minimum absolute atomic E-state index is 0.0578. The van der Waals surface area contributed by atoms with Gasteiger partial charge in [0.05, 0.1) is 18.5 Å². The summed E-state index contributed by atoms with van der Waals surface area (Å²) in [5.41, 5.74) is 0.836. The molecule has 1 fully saturated rings. The third-order valence-corrected chi connectivity index (χ3v) is 5.73. The second kappa shape index (κ2) is 6.85. The van der Waals surface area contributed by atoms with E-state index < -0.39 is 10.0 Å². The van der Waals surface area contributed by atoms with Gasteiger partial charge in [0, 0.05) is 11.4 Å². The van der Waals surface area contributed by atoms with E-state index in [1.165, 1.54) is 21.9 Å². The Kier molecular flexibility index (Phi) is 5.34. The number of sulfonamides is 1. The molecule has 0 unspecified atom stereocenters. The zero-order valence-electron chi connectivity index (χ0n) is 12.3. The molecule has 0 atom stereocenters. The van der Waals surface area contributed by atoms with Crippen LogP contribution in [0.5, 0.6) is 0 Å². The van der Waals surface area contributed by atoms with Gasteiger partial charge in [0.25, 0.3) is 0 Å². The Morgan fingerprint density at radius 1 is 1.43 bits per heavy atom. The molecule has 0 aromatic carbocycles. The zero-order valence-corrected chi connectivity index (χ0v) is 14.0. The monoisotopic (exact) mass is 331 g/mol. The minimum Gasteiger partial charge on any atom is -0.301 e. The molecule has 1 N–H and O–H groups in total. The fourth-order valence-electron chi connectivity index (χ4n) is 2.60. The maximum Gasteiger partial charge on any atom is 0.241 e. The largest absolute Gasteiger partial charge is 0.301 e. The Morgan fingerprint density at radius 2 is 2.10 bits per heavy atom. The smallest absolute Gasteiger partial charge is 0.241 e. The van der Waals surface area contributed by atoms with Crippen LogP contribution in [0.4, 0.5) is 5.13 Å². The summed E-state index contributed by atoms with van der Waals surface area (Å²) in [6, 6.07) is -0.0578. The van der Waals surface area contributed by atoms with Crippen LogP contribution in [0.25, 0.3) is 0 Å². The van der Waals surface area contributed by atoms with Crippen LogP contribution in [-0.4, -0.2) is 42.5 Å². The summed E-state index contributed by atoms with van der Waals surface area (Å²) in [6.07, 6.45) is 6.00. The number of rotatable bonds is 5. The predicted molar refractivity (Wildman–Crippen MR) is 83.9 cm³/mol. The first-order chi connectivity index (χ1) is 9.86. The number of anilines is 1. The van der Waals surface area contributed by atoms with Crippen molar-refractivity contribution in [1.29, 1.82) is 0 Å². The van der Waals surface area contributed by atoms with Gasteiger partial charge in [-0.05, 0) is 19.8 Å². The molecule has 0 radical (unpaired) electrons. The van der Waals surface area contributed by atoms with Gasteiger partial charge < -0.3 is 5.32 Å². The lowest BCUT2D eigenvalue weighted by molar-refractivity contribution is -0.116. The van der Waals surface area contributed by atoms with Crippen molar-refractivity contribution in [2.24, 2.45) is 0 Å². The van der Waals surface area contributed by atoms with E-state index in [1.807, 2.05) is 12.3 Å². The van der Waals surface area contributed by atoms with Crippen LogP contribution >= 0.6 is 11.3 Å². The molecule has 1 amide bonds. The summed E-state index contributed by atoms with van der Waals surface area (Å²) in [7, 11) is -3.39. The van der Waals surface area contributed by atoms with E-state index in [-0.39, 0.29) is 18.5 Å². The molecule has 1 saturated carbocycles. The van der Waals surface area contributed by atoms with Gasteiger partial charge in [0.1, 0.15) is 0 Å². The standard InChI is InChI=1S/C13H21N3O3S2/c1-10-9-20-13(14-10)15-12(17)8-16(21(2,18)19)11-6-4-3-5-7-11/h9,11H,3-8H2,1-2H3,(H,14,15,17). The van der Waals surface area contributed by atoms with Gasteiger partial charge in [-0.3, -0.25) is 4.79 Å². The number of nitrogens with one attached hydrogen (secondary N) is 1. The Balaban J connectivity index is 2.02. The average Bonchev–Trinajstić information content (AvgIpc) is 2.81. The van der Waals surface area contributed by atoms with Crippen LogP contribution in [0.3, 0.4) is 0 Å². The second-order valence-corrected chi connectivity index (χ2v) is 8.24. The fraction of sp³-hybridized carbons (Fsp3) is 0.692. The second-order valence-electron chi connectivity index (χ2n) is 5.44. The predicted octanol–water partition coefficient (Wildman–Crippen LogP) is 1.98. The Morgan fingerprint density at radius 3 is 2.62 bits per heavy atom. The van der Waals surface area contributed by atoms with Crippen molar-refractivity contribution in [2.75, 3.05) is 18.1 Å². The van der Waals surface area contributed by atoms with Gasteiger partial charge in [-0.1, -0.05) is 19.3 Å². The van der Waals surface area contributed by atoms with E-state index in [0.717, 1.165) is 37.8 Å². The summed E-state index contributed by atoms with van der Waals surface area (Å²) in [4.78, 5) is 16.2. The number of carbonyl (C=O) groups is 1. The van der Waals surface area contributed by atoms with Gasteiger partial charge in [-0.2, -0.15) is 4.31 Å². The highest BCUT2D eigenvalue weighted by atomic mass is 32.2. The van der Waals surface area contributed by atoms with E-state index in [1.54, 1.807) is 0 Å². The summed E-state index contributed by atoms with van der Waals surface area (Å²) < 4.78 is 25.2. The topological polar surface area (TPSA) is 79.4 Å². The number of hydrogen-bond acceptors (Lipinski definition) is 5. The summed E-state index contributed by atoms with van der Waals surface area (Å²) in [5.74, 6) is -0.333. The van der Waals surface area contributed by atoms with Gasteiger partial charge in [0.15, 0.2) is 5.13 Å². The number of nitrogens with zero attached hydrogens (tertiary/aromatic N) is 2. The van der Waals surface area contributed by atoms with Crippen LogP contribution in [-0.2, 0) is 14.8 Å². The van der Waals surface area contributed by atoms with Gasteiger partial charge in [-0.15, -0.1) is 11.3 Å². The number of aryl methyl sites for hydroxylation is 1. The molecule has 0 bridgehead atoms. The van der Waals surface area contributed by atoms with Crippen LogP contribution in [0.2, 0.25) is 0 Å². The van der Waals surface area contributed by atoms with E-state index in [9.17, 15) is 13.2 Å². The number of carbonyl (C=O) groups excluding carboxylic acids is 1. The van der Waals surface area contributed by atoms with Gasteiger partial charge in [0.2, 0.25) is 15.9 Å². The molecular formula is C13H21N3O3S2. The quantitative estimate of drug-likeness (QED) is 0.895. The van der Waals surface area contributed by atoms with E-state index >= 15 is 0 Å². The number of amides is 1. The minimum atomic E-state index is -3.39. The van der Waals surface area contributed by atoms with Crippen LogP contribution in [0, 0.1) is 6.92 Å². The Labute approximate surface area is 129 Å². The van der Waals surface area contributed by atoms with Crippen molar-refractivity contribution in [2.45, 2.75) is 45.1 Å². The van der Waals surface area contributed by atoms with E-state index in [4.69, 9.17) is 0 Å². The summed E-state index contributed by atoms with van der Waals surface area (Å²) >= 11 is 1.34. The Hall–Kier alpha value is -0.990.